The molecule has 0 aromatic carbocycles. The summed E-state index contributed by atoms with van der Waals surface area (Å²) in [6, 6.07) is 0. The van der Waals surface area contributed by atoms with Gasteiger partial charge in [-0.05, 0) is 25.0 Å². The molecule has 0 saturated carbocycles. The van der Waals surface area contributed by atoms with Crippen molar-refractivity contribution in [3.8, 4) is 0 Å². The Hall–Kier alpha value is -1.36. The molecule has 0 spiro atoms. The van der Waals surface area contributed by atoms with Crippen LogP contribution in [0.25, 0.3) is 12.2 Å². The molecule has 0 fully saturated rings. The van der Waals surface area contributed by atoms with Gasteiger partial charge in [0.2, 0.25) is 0 Å². The van der Waals surface area contributed by atoms with Gasteiger partial charge >= 0.3 is 0 Å². The maximum absolute atomic E-state index is 11.5. The van der Waals surface area contributed by atoms with E-state index in [0.29, 0.717) is 16.7 Å². The van der Waals surface area contributed by atoms with Gasteiger partial charge in [0, 0.05) is 11.5 Å². The topological polar surface area (TPSA) is 60.2 Å². The van der Waals surface area contributed by atoms with E-state index in [-0.39, 0.29) is 0 Å². The fourth-order valence-electron chi connectivity index (χ4n) is 1.64. The van der Waals surface area contributed by atoms with Crippen molar-refractivity contribution >= 4 is 22.0 Å². The van der Waals surface area contributed by atoms with Crippen molar-refractivity contribution < 1.29 is 12.9 Å². The van der Waals surface area contributed by atoms with Crippen LogP contribution in [0.1, 0.15) is 19.0 Å². The van der Waals surface area contributed by atoms with Crippen LogP contribution in [0.4, 0.5) is 0 Å². The second-order valence-electron chi connectivity index (χ2n) is 3.72. The first kappa shape index (κ1) is 11.1. The van der Waals surface area contributed by atoms with E-state index in [1.165, 1.54) is 6.26 Å². The third-order valence-electron chi connectivity index (χ3n) is 2.50. The van der Waals surface area contributed by atoms with Crippen molar-refractivity contribution in [2.45, 2.75) is 19.8 Å². The number of aryl methyl sites for hydroxylation is 1. The lowest BCUT2D eigenvalue weighted by atomic mass is 10.2. The SMILES string of the molecule is CCc1noc2c1=CC(S(C)(=O)=O)=CCC=2. The minimum Gasteiger partial charge on any atom is -0.356 e. The summed E-state index contributed by atoms with van der Waals surface area (Å²) in [5.41, 5.74) is 1.45. The van der Waals surface area contributed by atoms with Crippen molar-refractivity contribution in [3.63, 3.8) is 0 Å². The lowest BCUT2D eigenvalue weighted by molar-refractivity contribution is 0.387. The van der Waals surface area contributed by atoms with E-state index >= 15 is 0 Å². The highest BCUT2D eigenvalue weighted by atomic mass is 32.2. The lowest BCUT2D eigenvalue weighted by Gasteiger charge is -1.96. The van der Waals surface area contributed by atoms with Gasteiger partial charge in [-0.25, -0.2) is 8.42 Å². The number of hydrogen-bond acceptors (Lipinski definition) is 4. The molecule has 0 N–H and O–H groups in total. The van der Waals surface area contributed by atoms with Crippen LogP contribution in [0, 0.1) is 0 Å². The minimum absolute atomic E-state index is 0.334. The van der Waals surface area contributed by atoms with Gasteiger partial charge in [-0.15, -0.1) is 0 Å². The van der Waals surface area contributed by atoms with Crippen LogP contribution in [0.2, 0.25) is 0 Å². The van der Waals surface area contributed by atoms with E-state index in [1.54, 1.807) is 12.2 Å². The third-order valence-corrected chi connectivity index (χ3v) is 3.64. The molecule has 4 nitrogen and oxygen atoms in total. The van der Waals surface area contributed by atoms with Crippen molar-refractivity contribution in [2.24, 2.45) is 0 Å². The molecule has 1 aliphatic rings. The molecule has 0 aliphatic heterocycles. The highest BCUT2D eigenvalue weighted by Gasteiger charge is 2.12. The molecule has 0 unspecified atom stereocenters. The summed E-state index contributed by atoms with van der Waals surface area (Å²) in [6.07, 6.45) is 7.65. The van der Waals surface area contributed by atoms with Crippen LogP contribution in [0.15, 0.2) is 15.5 Å². The zero-order chi connectivity index (χ0) is 11.8. The molecule has 86 valence electrons. The predicted molar refractivity (Wildman–Crippen MR) is 61.6 cm³/mol. The second kappa shape index (κ2) is 3.90. The summed E-state index contributed by atoms with van der Waals surface area (Å²) >= 11 is 0. The fraction of sp³-hybridized carbons (Fsp3) is 0.364. The standard InChI is InChI=1S/C11H13NO3S/c1-3-10-9-7-8(16(2,13)14)5-4-6-11(9)15-12-10/h5-7H,3-4H2,1-2H3. The van der Waals surface area contributed by atoms with Gasteiger partial charge in [0.05, 0.1) is 10.6 Å². The van der Waals surface area contributed by atoms with Crippen molar-refractivity contribution in [2.75, 3.05) is 6.26 Å². The summed E-state index contributed by atoms with van der Waals surface area (Å²) in [6.45, 7) is 1.96. The molecule has 1 aromatic heterocycles. The molecule has 0 saturated heterocycles. The number of nitrogens with zero attached hydrogens (tertiary/aromatic N) is 1. The zero-order valence-corrected chi connectivity index (χ0v) is 10.0. The van der Waals surface area contributed by atoms with Crippen LogP contribution in [0.5, 0.6) is 0 Å². The summed E-state index contributed by atoms with van der Waals surface area (Å²) < 4.78 is 28.2. The Morgan fingerprint density at radius 3 is 2.81 bits per heavy atom. The first-order valence-corrected chi connectivity index (χ1v) is 6.98. The maximum atomic E-state index is 11.5. The van der Waals surface area contributed by atoms with E-state index in [9.17, 15) is 8.42 Å². The number of aromatic nitrogens is 1. The lowest BCUT2D eigenvalue weighted by Crippen LogP contribution is -2.23. The predicted octanol–water partition coefficient (Wildman–Crippen LogP) is 0.130. The molecular formula is C11H13NO3S. The number of fused-ring (bicyclic) bond motifs is 1. The molecule has 2 rings (SSSR count). The molecule has 0 bridgehead atoms. The largest absolute Gasteiger partial charge is 0.356 e. The Morgan fingerprint density at radius 2 is 2.19 bits per heavy atom. The molecule has 1 heterocycles. The number of hydrogen-bond donors (Lipinski definition) is 0. The van der Waals surface area contributed by atoms with Crippen molar-refractivity contribution in [1.29, 1.82) is 0 Å². The van der Waals surface area contributed by atoms with Crippen LogP contribution in [-0.2, 0) is 16.3 Å². The van der Waals surface area contributed by atoms with E-state index in [0.717, 1.165) is 17.3 Å². The molecule has 16 heavy (non-hydrogen) atoms. The smallest absolute Gasteiger partial charge is 0.175 e. The van der Waals surface area contributed by atoms with E-state index in [4.69, 9.17) is 4.52 Å². The highest BCUT2D eigenvalue weighted by Crippen LogP contribution is 2.09. The van der Waals surface area contributed by atoms with Gasteiger partial charge in [0.1, 0.15) is 0 Å². The first-order chi connectivity index (χ1) is 7.52. The van der Waals surface area contributed by atoms with Crippen molar-refractivity contribution in [1.82, 2.24) is 5.16 Å². The molecular weight excluding hydrogens is 226 g/mol. The average molecular weight is 239 g/mol. The van der Waals surface area contributed by atoms with E-state index in [2.05, 4.69) is 5.16 Å². The van der Waals surface area contributed by atoms with Gasteiger partial charge in [-0.3, -0.25) is 0 Å². The molecule has 1 aromatic rings. The number of allylic oxidation sites excluding steroid dienone is 2. The molecule has 0 amide bonds. The van der Waals surface area contributed by atoms with Gasteiger partial charge in [-0.1, -0.05) is 18.2 Å². The zero-order valence-electron chi connectivity index (χ0n) is 9.23. The first-order valence-electron chi connectivity index (χ1n) is 5.09. The number of rotatable bonds is 2. The molecule has 5 heteroatoms. The van der Waals surface area contributed by atoms with Crippen LogP contribution < -0.4 is 10.6 Å². The van der Waals surface area contributed by atoms with E-state index < -0.39 is 9.84 Å². The Labute approximate surface area is 93.9 Å². The highest BCUT2D eigenvalue weighted by molar-refractivity contribution is 7.95. The van der Waals surface area contributed by atoms with Crippen LogP contribution >= 0.6 is 0 Å². The fourth-order valence-corrected chi connectivity index (χ4v) is 2.37. The average Bonchev–Trinajstić information content (AvgIpc) is 2.45. The van der Waals surface area contributed by atoms with Crippen molar-refractivity contribution in [3.05, 3.63) is 27.3 Å². The van der Waals surface area contributed by atoms with Gasteiger partial charge in [-0.2, -0.15) is 0 Å². The van der Waals surface area contributed by atoms with E-state index in [1.807, 2.05) is 13.0 Å². The second-order valence-corrected chi connectivity index (χ2v) is 5.74. The Morgan fingerprint density at radius 1 is 1.44 bits per heavy atom. The summed E-state index contributed by atoms with van der Waals surface area (Å²) in [5, 5.41) is 4.70. The normalized spacial score (nSPS) is 15.5. The van der Waals surface area contributed by atoms with Gasteiger partial charge in [0.25, 0.3) is 0 Å². The quantitative estimate of drug-likeness (QED) is 0.736. The Bertz CT molecular complexity index is 650. The summed E-state index contributed by atoms with van der Waals surface area (Å²) in [4.78, 5) is 0.334. The third kappa shape index (κ3) is 1.95. The van der Waals surface area contributed by atoms with Gasteiger partial charge in [0.15, 0.2) is 15.3 Å². The van der Waals surface area contributed by atoms with Crippen LogP contribution in [0.3, 0.4) is 0 Å². The maximum Gasteiger partial charge on any atom is 0.175 e. The monoisotopic (exact) mass is 239 g/mol. The summed E-state index contributed by atoms with van der Waals surface area (Å²) in [7, 11) is -3.18. The number of sulfone groups is 1. The molecule has 0 radical (unpaired) electrons. The minimum atomic E-state index is -3.18. The molecule has 1 aliphatic carbocycles. The van der Waals surface area contributed by atoms with Crippen LogP contribution in [-0.4, -0.2) is 19.8 Å². The molecule has 0 atom stereocenters. The van der Waals surface area contributed by atoms with Gasteiger partial charge < -0.3 is 4.52 Å². The Balaban J connectivity index is 2.72. The Kier molecular flexibility index (Phi) is 2.71. The summed E-state index contributed by atoms with van der Waals surface area (Å²) in [5.74, 6) is 0.